The molecule has 0 saturated heterocycles. The first kappa shape index (κ1) is 12.1. The van der Waals surface area contributed by atoms with Gasteiger partial charge in [0.2, 0.25) is 0 Å². The number of benzene rings is 1. The molecule has 0 aromatic heterocycles. The molecule has 0 bridgehead atoms. The van der Waals surface area contributed by atoms with Crippen LogP contribution in [0.5, 0.6) is 0 Å². The summed E-state index contributed by atoms with van der Waals surface area (Å²) in [6, 6.07) is 10.5. The summed E-state index contributed by atoms with van der Waals surface area (Å²) in [7, 11) is 1.78. The van der Waals surface area contributed by atoms with Crippen LogP contribution in [-0.2, 0) is 11.3 Å². The van der Waals surface area contributed by atoms with Gasteiger partial charge in [0.1, 0.15) is 0 Å². The summed E-state index contributed by atoms with van der Waals surface area (Å²) in [4.78, 5) is 0. The fourth-order valence-corrected chi connectivity index (χ4v) is 2.35. The normalized spacial score (nSPS) is 23.5. The molecule has 3 heteroatoms. The number of methoxy groups -OCH3 is 1. The van der Waals surface area contributed by atoms with E-state index in [0.717, 1.165) is 24.9 Å². The molecule has 1 saturated carbocycles. The Kier molecular flexibility index (Phi) is 4.13. The van der Waals surface area contributed by atoms with Crippen LogP contribution < -0.4 is 5.32 Å². The third-order valence-corrected chi connectivity index (χ3v) is 3.37. The summed E-state index contributed by atoms with van der Waals surface area (Å²) in [6.45, 7) is 0.830. The molecule has 0 aliphatic heterocycles. The molecule has 1 aromatic rings. The zero-order valence-electron chi connectivity index (χ0n) is 10.1. The van der Waals surface area contributed by atoms with Crippen molar-refractivity contribution >= 4 is 0 Å². The van der Waals surface area contributed by atoms with Crippen molar-refractivity contribution in [1.29, 1.82) is 5.26 Å². The molecule has 1 aliphatic carbocycles. The molecule has 0 radical (unpaired) electrons. The van der Waals surface area contributed by atoms with Gasteiger partial charge in [0.25, 0.3) is 0 Å². The highest BCUT2D eigenvalue weighted by Crippen LogP contribution is 2.21. The van der Waals surface area contributed by atoms with Crippen LogP contribution in [0, 0.1) is 11.3 Å². The van der Waals surface area contributed by atoms with E-state index in [1.54, 1.807) is 7.11 Å². The molecule has 2 rings (SSSR count). The van der Waals surface area contributed by atoms with Gasteiger partial charge in [0.05, 0.1) is 17.7 Å². The molecule has 1 N–H and O–H groups in total. The topological polar surface area (TPSA) is 45.0 Å². The lowest BCUT2D eigenvalue weighted by Crippen LogP contribution is -2.26. The molecular weight excluding hydrogens is 212 g/mol. The molecule has 1 aromatic carbocycles. The lowest BCUT2D eigenvalue weighted by atomic mass is 10.1. The van der Waals surface area contributed by atoms with Crippen LogP contribution in [0.15, 0.2) is 24.3 Å². The summed E-state index contributed by atoms with van der Waals surface area (Å²) < 4.78 is 5.35. The molecule has 2 atom stereocenters. The molecule has 90 valence electrons. The summed E-state index contributed by atoms with van der Waals surface area (Å²) in [5.74, 6) is 0. The van der Waals surface area contributed by atoms with Gasteiger partial charge in [0, 0.05) is 19.7 Å². The van der Waals surface area contributed by atoms with Crippen molar-refractivity contribution in [2.75, 3.05) is 7.11 Å². The third-order valence-electron chi connectivity index (χ3n) is 3.37. The van der Waals surface area contributed by atoms with Crippen molar-refractivity contribution in [2.24, 2.45) is 0 Å². The predicted molar refractivity (Wildman–Crippen MR) is 66.4 cm³/mol. The SMILES string of the molecule is COC1CCC(NCc2cccc(C#N)c2)C1. The highest BCUT2D eigenvalue weighted by atomic mass is 16.5. The second-order valence-corrected chi connectivity index (χ2v) is 4.56. The van der Waals surface area contributed by atoms with Gasteiger partial charge < -0.3 is 10.1 Å². The third kappa shape index (κ3) is 3.29. The van der Waals surface area contributed by atoms with Gasteiger partial charge in [-0.05, 0) is 37.0 Å². The lowest BCUT2D eigenvalue weighted by Gasteiger charge is -2.12. The van der Waals surface area contributed by atoms with E-state index in [4.69, 9.17) is 10.00 Å². The number of nitrogens with zero attached hydrogens (tertiary/aromatic N) is 1. The van der Waals surface area contributed by atoms with E-state index in [9.17, 15) is 0 Å². The fourth-order valence-electron chi connectivity index (χ4n) is 2.35. The van der Waals surface area contributed by atoms with Crippen LogP contribution in [0.25, 0.3) is 0 Å². The van der Waals surface area contributed by atoms with Gasteiger partial charge in [-0.25, -0.2) is 0 Å². The van der Waals surface area contributed by atoms with Gasteiger partial charge in [-0.15, -0.1) is 0 Å². The standard InChI is InChI=1S/C14H18N2O/c1-17-14-6-5-13(8-14)16-10-12-4-2-3-11(7-12)9-15/h2-4,7,13-14,16H,5-6,8,10H2,1H3. The van der Waals surface area contributed by atoms with E-state index in [-0.39, 0.29) is 0 Å². The molecule has 0 heterocycles. The summed E-state index contributed by atoms with van der Waals surface area (Å²) in [6.07, 6.45) is 3.83. The van der Waals surface area contributed by atoms with Crippen LogP contribution >= 0.6 is 0 Å². The Bertz CT molecular complexity index is 411. The maximum atomic E-state index is 8.82. The smallest absolute Gasteiger partial charge is 0.0991 e. The highest BCUT2D eigenvalue weighted by Gasteiger charge is 2.23. The van der Waals surface area contributed by atoms with E-state index >= 15 is 0 Å². The minimum Gasteiger partial charge on any atom is -0.381 e. The van der Waals surface area contributed by atoms with Crippen molar-refractivity contribution in [1.82, 2.24) is 5.32 Å². The van der Waals surface area contributed by atoms with Gasteiger partial charge >= 0.3 is 0 Å². The van der Waals surface area contributed by atoms with E-state index in [0.29, 0.717) is 12.1 Å². The monoisotopic (exact) mass is 230 g/mol. The Morgan fingerprint density at radius 3 is 3.06 bits per heavy atom. The largest absolute Gasteiger partial charge is 0.381 e. The van der Waals surface area contributed by atoms with Crippen LogP contribution in [0.3, 0.4) is 0 Å². The van der Waals surface area contributed by atoms with Gasteiger partial charge in [-0.3, -0.25) is 0 Å². The van der Waals surface area contributed by atoms with Gasteiger partial charge in [0.15, 0.2) is 0 Å². The highest BCUT2D eigenvalue weighted by molar-refractivity contribution is 5.32. The van der Waals surface area contributed by atoms with Gasteiger partial charge in [-0.1, -0.05) is 12.1 Å². The van der Waals surface area contributed by atoms with Crippen molar-refractivity contribution in [3.8, 4) is 6.07 Å². The first-order valence-electron chi connectivity index (χ1n) is 6.07. The quantitative estimate of drug-likeness (QED) is 0.862. The maximum absolute atomic E-state index is 8.82. The Labute approximate surface area is 102 Å². The predicted octanol–water partition coefficient (Wildman–Crippen LogP) is 2.22. The van der Waals surface area contributed by atoms with Crippen molar-refractivity contribution in [3.05, 3.63) is 35.4 Å². The molecule has 1 fully saturated rings. The zero-order chi connectivity index (χ0) is 12.1. The van der Waals surface area contributed by atoms with Crippen LogP contribution in [0.1, 0.15) is 30.4 Å². The molecule has 1 aliphatic rings. The van der Waals surface area contributed by atoms with Crippen molar-refractivity contribution in [2.45, 2.75) is 38.0 Å². The van der Waals surface area contributed by atoms with E-state index in [2.05, 4.69) is 17.5 Å². The van der Waals surface area contributed by atoms with Crippen LogP contribution in [-0.4, -0.2) is 19.3 Å². The number of hydrogen-bond donors (Lipinski definition) is 1. The summed E-state index contributed by atoms with van der Waals surface area (Å²) in [5, 5.41) is 12.3. The Morgan fingerprint density at radius 1 is 1.47 bits per heavy atom. The Morgan fingerprint density at radius 2 is 2.35 bits per heavy atom. The summed E-state index contributed by atoms with van der Waals surface area (Å²) >= 11 is 0. The van der Waals surface area contributed by atoms with Crippen molar-refractivity contribution in [3.63, 3.8) is 0 Å². The lowest BCUT2D eigenvalue weighted by molar-refractivity contribution is 0.107. The Balaban J connectivity index is 1.84. The van der Waals surface area contributed by atoms with E-state index < -0.39 is 0 Å². The molecule has 0 spiro atoms. The summed E-state index contributed by atoms with van der Waals surface area (Å²) in [5.41, 5.74) is 1.90. The Hall–Kier alpha value is -1.37. The molecule has 0 amide bonds. The van der Waals surface area contributed by atoms with Crippen LogP contribution in [0.4, 0.5) is 0 Å². The molecule has 2 unspecified atom stereocenters. The van der Waals surface area contributed by atoms with Gasteiger partial charge in [-0.2, -0.15) is 5.26 Å². The minimum atomic E-state index is 0.415. The number of nitrogens with one attached hydrogen (secondary N) is 1. The average Bonchev–Trinajstić information content (AvgIpc) is 2.84. The fraction of sp³-hybridized carbons (Fsp3) is 0.500. The second-order valence-electron chi connectivity index (χ2n) is 4.56. The van der Waals surface area contributed by atoms with Crippen molar-refractivity contribution < 1.29 is 4.74 Å². The number of ether oxygens (including phenoxy) is 1. The maximum Gasteiger partial charge on any atom is 0.0991 e. The number of nitriles is 1. The van der Waals surface area contributed by atoms with Crippen LogP contribution in [0.2, 0.25) is 0 Å². The molecular formula is C14H18N2O. The van der Waals surface area contributed by atoms with E-state index in [1.807, 2.05) is 18.2 Å². The van der Waals surface area contributed by atoms with E-state index in [1.165, 1.54) is 12.0 Å². The minimum absolute atomic E-state index is 0.415. The first-order chi connectivity index (χ1) is 8.31. The second kappa shape index (κ2) is 5.81. The number of rotatable bonds is 4. The first-order valence-corrected chi connectivity index (χ1v) is 6.07. The average molecular weight is 230 g/mol. The zero-order valence-corrected chi connectivity index (χ0v) is 10.1. The molecule has 3 nitrogen and oxygen atoms in total. The molecule has 17 heavy (non-hydrogen) atoms. The number of hydrogen-bond acceptors (Lipinski definition) is 3.